The Morgan fingerprint density at radius 2 is 2.06 bits per heavy atom. The van der Waals surface area contributed by atoms with Crippen LogP contribution in [-0.2, 0) is 6.54 Å². The van der Waals surface area contributed by atoms with Crippen molar-refractivity contribution in [1.29, 1.82) is 0 Å². The molecule has 0 saturated heterocycles. The van der Waals surface area contributed by atoms with Crippen LogP contribution in [0.15, 0.2) is 47.3 Å². The maximum Gasteiger partial charge on any atom is 0.251 e. The van der Waals surface area contributed by atoms with Gasteiger partial charge in [0.05, 0.1) is 5.52 Å². The van der Waals surface area contributed by atoms with E-state index in [-0.39, 0.29) is 5.56 Å². The van der Waals surface area contributed by atoms with Gasteiger partial charge in [0.15, 0.2) is 0 Å². The number of hydrogen-bond donors (Lipinski definition) is 0. The molecule has 0 bridgehead atoms. The Kier molecular flexibility index (Phi) is 2.65. The number of aromatic nitrogens is 1. The van der Waals surface area contributed by atoms with Crippen molar-refractivity contribution >= 4 is 10.9 Å². The standard InChI is InChI=1S/C14H15NO/c1-10(2)9-15-13-7-5-4-6-12(13)11(3)8-14(15)16/h4-8H,1,9H2,2-3H3. The third-order valence-electron chi connectivity index (χ3n) is 2.65. The van der Waals surface area contributed by atoms with E-state index in [0.717, 1.165) is 22.0 Å². The van der Waals surface area contributed by atoms with E-state index in [1.54, 1.807) is 10.6 Å². The summed E-state index contributed by atoms with van der Waals surface area (Å²) < 4.78 is 1.77. The number of benzene rings is 1. The van der Waals surface area contributed by atoms with Crippen molar-refractivity contribution < 1.29 is 0 Å². The largest absolute Gasteiger partial charge is 0.304 e. The number of hydrogen-bond acceptors (Lipinski definition) is 1. The second-order valence-corrected chi connectivity index (χ2v) is 4.23. The van der Waals surface area contributed by atoms with E-state index >= 15 is 0 Å². The summed E-state index contributed by atoms with van der Waals surface area (Å²) in [6.45, 7) is 8.34. The molecule has 0 aliphatic heterocycles. The minimum atomic E-state index is 0.0409. The van der Waals surface area contributed by atoms with Crippen molar-refractivity contribution in [1.82, 2.24) is 4.57 Å². The lowest BCUT2D eigenvalue weighted by Crippen LogP contribution is -2.20. The molecule has 0 fully saturated rings. The van der Waals surface area contributed by atoms with E-state index in [4.69, 9.17) is 0 Å². The van der Waals surface area contributed by atoms with Crippen LogP contribution in [0.3, 0.4) is 0 Å². The van der Waals surface area contributed by atoms with Gasteiger partial charge in [0.25, 0.3) is 5.56 Å². The summed E-state index contributed by atoms with van der Waals surface area (Å²) in [5.41, 5.74) is 3.03. The number of allylic oxidation sites excluding steroid dienone is 1. The average molecular weight is 213 g/mol. The molecule has 0 aliphatic rings. The maximum atomic E-state index is 11.9. The summed E-state index contributed by atoms with van der Waals surface area (Å²) in [6, 6.07) is 9.65. The Morgan fingerprint density at radius 1 is 1.38 bits per heavy atom. The number of aryl methyl sites for hydroxylation is 1. The van der Waals surface area contributed by atoms with Crippen molar-refractivity contribution in [3.8, 4) is 0 Å². The SMILES string of the molecule is C=C(C)Cn1c(=O)cc(C)c2ccccc21. The molecule has 0 aliphatic carbocycles. The Bertz CT molecular complexity index is 608. The van der Waals surface area contributed by atoms with E-state index in [0.29, 0.717) is 6.54 Å². The van der Waals surface area contributed by atoms with Gasteiger partial charge in [-0.25, -0.2) is 0 Å². The second kappa shape index (κ2) is 3.97. The minimum Gasteiger partial charge on any atom is -0.304 e. The van der Waals surface area contributed by atoms with Crippen LogP contribution in [0, 0.1) is 6.92 Å². The lowest BCUT2D eigenvalue weighted by molar-refractivity contribution is 0.781. The average Bonchev–Trinajstić information content (AvgIpc) is 2.24. The first kappa shape index (κ1) is 10.7. The van der Waals surface area contributed by atoms with Crippen LogP contribution in [0.2, 0.25) is 0 Å². The summed E-state index contributed by atoms with van der Waals surface area (Å²) >= 11 is 0. The Morgan fingerprint density at radius 3 is 2.75 bits per heavy atom. The number of rotatable bonds is 2. The summed E-state index contributed by atoms with van der Waals surface area (Å²) in [6.07, 6.45) is 0. The summed E-state index contributed by atoms with van der Waals surface area (Å²) in [4.78, 5) is 11.9. The predicted molar refractivity (Wildman–Crippen MR) is 67.8 cm³/mol. The predicted octanol–water partition coefficient (Wildman–Crippen LogP) is 2.89. The quantitative estimate of drug-likeness (QED) is 0.703. The fraction of sp³-hybridized carbons (Fsp3) is 0.214. The van der Waals surface area contributed by atoms with Gasteiger partial charge in [-0.2, -0.15) is 0 Å². The highest BCUT2D eigenvalue weighted by Gasteiger charge is 2.05. The van der Waals surface area contributed by atoms with Gasteiger partial charge in [0.1, 0.15) is 0 Å². The van der Waals surface area contributed by atoms with E-state index in [2.05, 4.69) is 6.58 Å². The fourth-order valence-electron chi connectivity index (χ4n) is 1.94. The van der Waals surface area contributed by atoms with Crippen LogP contribution in [0.5, 0.6) is 0 Å². The maximum absolute atomic E-state index is 11.9. The van der Waals surface area contributed by atoms with Crippen molar-refractivity contribution in [3.05, 3.63) is 58.4 Å². The molecule has 1 aromatic carbocycles. The number of pyridine rings is 1. The molecule has 2 rings (SSSR count). The highest BCUT2D eigenvalue weighted by Crippen LogP contribution is 2.16. The lowest BCUT2D eigenvalue weighted by atomic mass is 10.1. The first-order chi connectivity index (χ1) is 7.59. The van der Waals surface area contributed by atoms with E-state index in [9.17, 15) is 4.79 Å². The Balaban J connectivity index is 2.81. The zero-order chi connectivity index (χ0) is 11.7. The van der Waals surface area contributed by atoms with E-state index < -0.39 is 0 Å². The van der Waals surface area contributed by atoms with Crippen molar-refractivity contribution in [2.24, 2.45) is 0 Å². The van der Waals surface area contributed by atoms with Crippen LogP contribution >= 0.6 is 0 Å². The molecule has 82 valence electrons. The molecule has 0 saturated carbocycles. The molecule has 1 aromatic heterocycles. The highest BCUT2D eigenvalue weighted by molar-refractivity contribution is 5.82. The van der Waals surface area contributed by atoms with Gasteiger partial charge in [0.2, 0.25) is 0 Å². The van der Waals surface area contributed by atoms with Gasteiger partial charge in [-0.15, -0.1) is 0 Å². The molecule has 2 nitrogen and oxygen atoms in total. The van der Waals surface area contributed by atoms with Gasteiger partial charge >= 0.3 is 0 Å². The first-order valence-electron chi connectivity index (χ1n) is 5.33. The molecule has 0 N–H and O–H groups in total. The Hall–Kier alpha value is -1.83. The third-order valence-corrected chi connectivity index (χ3v) is 2.65. The monoisotopic (exact) mass is 213 g/mol. The molecule has 0 atom stereocenters. The van der Waals surface area contributed by atoms with Crippen LogP contribution in [0.25, 0.3) is 10.9 Å². The van der Waals surface area contributed by atoms with Crippen LogP contribution < -0.4 is 5.56 Å². The topological polar surface area (TPSA) is 22.0 Å². The van der Waals surface area contributed by atoms with Crippen LogP contribution in [0.4, 0.5) is 0 Å². The van der Waals surface area contributed by atoms with E-state index in [1.807, 2.05) is 38.1 Å². The fourth-order valence-corrected chi connectivity index (χ4v) is 1.94. The summed E-state index contributed by atoms with van der Waals surface area (Å²) in [5.74, 6) is 0. The molecule has 0 spiro atoms. The Labute approximate surface area is 94.8 Å². The third kappa shape index (κ3) is 1.78. The molecule has 1 heterocycles. The molecular formula is C14H15NO. The number of para-hydroxylation sites is 1. The van der Waals surface area contributed by atoms with Crippen molar-refractivity contribution in [2.75, 3.05) is 0 Å². The molecule has 2 heteroatoms. The molecule has 0 unspecified atom stereocenters. The van der Waals surface area contributed by atoms with Gasteiger partial charge in [0, 0.05) is 18.0 Å². The number of fused-ring (bicyclic) bond motifs is 1. The van der Waals surface area contributed by atoms with Gasteiger partial charge in [-0.3, -0.25) is 4.79 Å². The second-order valence-electron chi connectivity index (χ2n) is 4.23. The summed E-state index contributed by atoms with van der Waals surface area (Å²) in [7, 11) is 0. The van der Waals surface area contributed by atoms with Crippen molar-refractivity contribution in [3.63, 3.8) is 0 Å². The first-order valence-corrected chi connectivity index (χ1v) is 5.33. The van der Waals surface area contributed by atoms with Gasteiger partial charge < -0.3 is 4.57 Å². The van der Waals surface area contributed by atoms with E-state index in [1.165, 1.54) is 0 Å². The van der Waals surface area contributed by atoms with Crippen molar-refractivity contribution in [2.45, 2.75) is 20.4 Å². The molecule has 0 amide bonds. The molecule has 0 radical (unpaired) electrons. The normalized spacial score (nSPS) is 10.6. The number of nitrogens with zero attached hydrogens (tertiary/aromatic N) is 1. The zero-order valence-electron chi connectivity index (χ0n) is 9.66. The molecular weight excluding hydrogens is 198 g/mol. The van der Waals surface area contributed by atoms with Gasteiger partial charge in [-0.05, 0) is 25.5 Å². The minimum absolute atomic E-state index is 0.0409. The van der Waals surface area contributed by atoms with Crippen LogP contribution in [0.1, 0.15) is 12.5 Å². The zero-order valence-corrected chi connectivity index (χ0v) is 9.66. The van der Waals surface area contributed by atoms with Gasteiger partial charge in [-0.1, -0.05) is 30.4 Å². The molecule has 16 heavy (non-hydrogen) atoms. The summed E-state index contributed by atoms with van der Waals surface area (Å²) in [5, 5.41) is 1.13. The smallest absolute Gasteiger partial charge is 0.251 e. The molecule has 2 aromatic rings. The lowest BCUT2D eigenvalue weighted by Gasteiger charge is -2.11. The van der Waals surface area contributed by atoms with Crippen LogP contribution in [-0.4, -0.2) is 4.57 Å². The highest BCUT2D eigenvalue weighted by atomic mass is 16.1.